The Balaban J connectivity index is 1.88. The molecule has 0 atom stereocenters. The summed E-state index contributed by atoms with van der Waals surface area (Å²) in [5, 5.41) is 3.89. The van der Waals surface area contributed by atoms with E-state index in [0.717, 1.165) is 29.8 Å². The van der Waals surface area contributed by atoms with Crippen molar-refractivity contribution < 1.29 is 14.3 Å². The minimum Gasteiger partial charge on any atom is -0.497 e. The molecule has 3 rings (SSSR count). The summed E-state index contributed by atoms with van der Waals surface area (Å²) in [7, 11) is 1.63. The summed E-state index contributed by atoms with van der Waals surface area (Å²) >= 11 is 0. The molecule has 6 heteroatoms. The van der Waals surface area contributed by atoms with E-state index in [0.29, 0.717) is 25.1 Å². The number of methoxy groups -OCH3 is 1. The van der Waals surface area contributed by atoms with E-state index in [1.54, 1.807) is 12.0 Å². The molecule has 0 saturated carbocycles. The lowest BCUT2D eigenvalue weighted by Gasteiger charge is -2.30. The highest BCUT2D eigenvalue weighted by Crippen LogP contribution is 2.30. The number of hydrazone groups is 1. The van der Waals surface area contributed by atoms with Crippen molar-refractivity contribution in [2.24, 2.45) is 5.10 Å². The van der Waals surface area contributed by atoms with Crippen molar-refractivity contribution in [1.82, 2.24) is 5.43 Å². The lowest BCUT2D eigenvalue weighted by Crippen LogP contribution is -2.42. The summed E-state index contributed by atoms with van der Waals surface area (Å²) < 4.78 is 5.23. The van der Waals surface area contributed by atoms with Crippen LogP contribution in [0.1, 0.15) is 24.8 Å². The van der Waals surface area contributed by atoms with Crippen LogP contribution in [0.4, 0.5) is 5.69 Å². The van der Waals surface area contributed by atoms with E-state index in [-0.39, 0.29) is 11.8 Å². The maximum atomic E-state index is 12.6. The van der Waals surface area contributed by atoms with Crippen LogP contribution in [0.2, 0.25) is 0 Å². The quantitative estimate of drug-likeness (QED) is 0.889. The number of nitrogens with one attached hydrogen (secondary N) is 1. The number of ether oxygens (including phenoxy) is 1. The van der Waals surface area contributed by atoms with Gasteiger partial charge in [-0.25, -0.2) is 5.43 Å². The molecule has 0 bridgehead atoms. The zero-order valence-electron chi connectivity index (χ0n) is 11.9. The maximum Gasteiger partial charge on any atom is 0.274 e. The minimum atomic E-state index is -0.143. The van der Waals surface area contributed by atoms with Gasteiger partial charge in [-0.15, -0.1) is 0 Å². The Hall–Kier alpha value is -2.37. The van der Waals surface area contributed by atoms with Gasteiger partial charge in [-0.05, 0) is 36.6 Å². The molecule has 0 fully saturated rings. The zero-order chi connectivity index (χ0) is 14.8. The van der Waals surface area contributed by atoms with Gasteiger partial charge in [0.1, 0.15) is 11.5 Å². The molecule has 21 heavy (non-hydrogen) atoms. The van der Waals surface area contributed by atoms with Crippen LogP contribution < -0.4 is 15.1 Å². The lowest BCUT2D eigenvalue weighted by molar-refractivity contribution is -0.121. The number of anilines is 1. The van der Waals surface area contributed by atoms with Gasteiger partial charge < -0.3 is 9.64 Å². The van der Waals surface area contributed by atoms with Crippen LogP contribution in [0.5, 0.6) is 5.75 Å². The molecule has 2 aliphatic rings. The number of rotatable bonds is 2. The van der Waals surface area contributed by atoms with E-state index in [2.05, 4.69) is 10.5 Å². The smallest absolute Gasteiger partial charge is 0.274 e. The number of carbonyl (C=O) groups is 2. The van der Waals surface area contributed by atoms with Crippen molar-refractivity contribution in [3.63, 3.8) is 0 Å². The fourth-order valence-electron chi connectivity index (χ4n) is 2.70. The van der Waals surface area contributed by atoms with Crippen molar-refractivity contribution in [1.29, 1.82) is 0 Å². The van der Waals surface area contributed by atoms with Gasteiger partial charge in [-0.3, -0.25) is 9.59 Å². The van der Waals surface area contributed by atoms with Crippen LogP contribution in [0.3, 0.4) is 0 Å². The van der Waals surface area contributed by atoms with Crippen LogP contribution in [-0.4, -0.2) is 31.2 Å². The number of carbonyl (C=O) groups excluding carboxylic acids is 2. The molecule has 2 heterocycles. The van der Waals surface area contributed by atoms with E-state index in [1.165, 1.54) is 0 Å². The summed E-state index contributed by atoms with van der Waals surface area (Å²) in [6, 6.07) is 5.74. The van der Waals surface area contributed by atoms with Gasteiger partial charge in [0.2, 0.25) is 5.91 Å². The first-order valence-electron chi connectivity index (χ1n) is 7.03. The van der Waals surface area contributed by atoms with Gasteiger partial charge in [-0.2, -0.15) is 5.10 Å². The SMILES string of the molecule is COc1ccc2c(c1)CCCN2C(=O)C1=NNC(=O)CC1. The molecule has 0 spiro atoms. The van der Waals surface area contributed by atoms with Gasteiger partial charge in [-0.1, -0.05) is 0 Å². The molecule has 0 aromatic heterocycles. The first kappa shape index (κ1) is 13.6. The normalized spacial score (nSPS) is 17.7. The Labute approximate surface area is 122 Å². The first-order valence-corrected chi connectivity index (χ1v) is 7.03. The van der Waals surface area contributed by atoms with E-state index in [4.69, 9.17) is 4.74 Å². The van der Waals surface area contributed by atoms with E-state index in [1.807, 2.05) is 18.2 Å². The third-order valence-corrected chi connectivity index (χ3v) is 3.80. The standard InChI is InChI=1S/C15H17N3O3/c1-21-11-4-6-13-10(9-11)3-2-8-18(13)15(20)12-5-7-14(19)17-16-12/h4,6,9H,2-3,5,7-8H2,1H3,(H,17,19). The van der Waals surface area contributed by atoms with Gasteiger partial charge in [0, 0.05) is 25.1 Å². The van der Waals surface area contributed by atoms with Gasteiger partial charge in [0.15, 0.2) is 0 Å². The van der Waals surface area contributed by atoms with Crippen LogP contribution in [-0.2, 0) is 16.0 Å². The van der Waals surface area contributed by atoms with Crippen molar-refractivity contribution in [2.45, 2.75) is 25.7 Å². The Morgan fingerprint density at radius 1 is 1.33 bits per heavy atom. The molecular formula is C15H17N3O3. The second-order valence-electron chi connectivity index (χ2n) is 5.15. The second kappa shape index (κ2) is 5.55. The van der Waals surface area contributed by atoms with Gasteiger partial charge in [0.05, 0.1) is 7.11 Å². The van der Waals surface area contributed by atoms with E-state index >= 15 is 0 Å². The van der Waals surface area contributed by atoms with Gasteiger partial charge >= 0.3 is 0 Å². The molecule has 1 aromatic rings. The summed E-state index contributed by atoms with van der Waals surface area (Å²) in [5.41, 5.74) is 4.81. The largest absolute Gasteiger partial charge is 0.497 e. The molecule has 0 saturated heterocycles. The fraction of sp³-hybridized carbons (Fsp3) is 0.400. The van der Waals surface area contributed by atoms with Crippen molar-refractivity contribution in [3.05, 3.63) is 23.8 Å². The summed E-state index contributed by atoms with van der Waals surface area (Å²) in [5.74, 6) is 0.529. The Morgan fingerprint density at radius 2 is 2.19 bits per heavy atom. The highest BCUT2D eigenvalue weighted by Gasteiger charge is 2.28. The summed E-state index contributed by atoms with van der Waals surface area (Å²) in [6.07, 6.45) is 2.55. The lowest BCUT2D eigenvalue weighted by atomic mass is 10.00. The fourth-order valence-corrected chi connectivity index (χ4v) is 2.70. The van der Waals surface area contributed by atoms with Crippen molar-refractivity contribution >= 4 is 23.2 Å². The van der Waals surface area contributed by atoms with Crippen LogP contribution in [0.15, 0.2) is 23.3 Å². The molecule has 2 aliphatic heterocycles. The number of amides is 2. The summed E-state index contributed by atoms with van der Waals surface area (Å²) in [4.78, 5) is 25.5. The average molecular weight is 287 g/mol. The number of hydrogen-bond donors (Lipinski definition) is 1. The maximum absolute atomic E-state index is 12.6. The first-order chi connectivity index (χ1) is 10.2. The highest BCUT2D eigenvalue weighted by molar-refractivity contribution is 6.44. The monoisotopic (exact) mass is 287 g/mol. The molecule has 0 radical (unpaired) electrons. The van der Waals surface area contributed by atoms with Crippen LogP contribution in [0, 0.1) is 0 Å². The minimum absolute atomic E-state index is 0.124. The predicted octanol–water partition coefficient (Wildman–Crippen LogP) is 1.24. The van der Waals surface area contributed by atoms with E-state index in [9.17, 15) is 9.59 Å². The number of nitrogens with zero attached hydrogens (tertiary/aromatic N) is 2. The highest BCUT2D eigenvalue weighted by atomic mass is 16.5. The third-order valence-electron chi connectivity index (χ3n) is 3.80. The van der Waals surface area contributed by atoms with Crippen molar-refractivity contribution in [2.75, 3.05) is 18.6 Å². The molecule has 1 aromatic carbocycles. The van der Waals surface area contributed by atoms with Crippen LogP contribution in [0.25, 0.3) is 0 Å². The number of aryl methyl sites for hydroxylation is 1. The predicted molar refractivity (Wildman–Crippen MR) is 78.5 cm³/mol. The summed E-state index contributed by atoms with van der Waals surface area (Å²) in [6.45, 7) is 0.672. The van der Waals surface area contributed by atoms with Crippen molar-refractivity contribution in [3.8, 4) is 5.75 Å². The number of benzene rings is 1. The van der Waals surface area contributed by atoms with Crippen LogP contribution >= 0.6 is 0 Å². The number of hydrogen-bond acceptors (Lipinski definition) is 4. The molecule has 2 amide bonds. The second-order valence-corrected chi connectivity index (χ2v) is 5.15. The Bertz CT molecular complexity index is 625. The Morgan fingerprint density at radius 3 is 2.90 bits per heavy atom. The molecule has 1 N–H and O–H groups in total. The molecular weight excluding hydrogens is 270 g/mol. The number of fused-ring (bicyclic) bond motifs is 1. The average Bonchev–Trinajstić information content (AvgIpc) is 2.53. The van der Waals surface area contributed by atoms with E-state index < -0.39 is 0 Å². The molecule has 0 aliphatic carbocycles. The third kappa shape index (κ3) is 2.61. The molecule has 110 valence electrons. The zero-order valence-corrected chi connectivity index (χ0v) is 11.9. The Kier molecular flexibility index (Phi) is 3.60. The molecule has 0 unspecified atom stereocenters. The van der Waals surface area contributed by atoms with Gasteiger partial charge in [0.25, 0.3) is 5.91 Å². The topological polar surface area (TPSA) is 71.0 Å². The molecule has 6 nitrogen and oxygen atoms in total.